The van der Waals surface area contributed by atoms with Crippen LogP contribution in [0.5, 0.6) is 0 Å². The fourth-order valence-electron chi connectivity index (χ4n) is 2.84. The minimum absolute atomic E-state index is 0.0193. The van der Waals surface area contributed by atoms with E-state index in [4.69, 9.17) is 9.72 Å². The molecule has 0 radical (unpaired) electrons. The minimum Gasteiger partial charge on any atom is -0.378 e. The number of fused-ring (bicyclic) bond motifs is 1. The number of nitrogens with zero attached hydrogens (tertiary/aromatic N) is 3. The molecule has 0 spiro atoms. The van der Waals surface area contributed by atoms with Gasteiger partial charge in [-0.3, -0.25) is 9.36 Å². The molecule has 1 saturated heterocycles. The molecule has 1 aromatic heterocycles. The molecule has 0 bridgehead atoms. The van der Waals surface area contributed by atoms with E-state index >= 15 is 0 Å². The van der Waals surface area contributed by atoms with E-state index in [1.54, 1.807) is 4.57 Å². The van der Waals surface area contributed by atoms with E-state index in [-0.39, 0.29) is 11.6 Å². The summed E-state index contributed by atoms with van der Waals surface area (Å²) in [5, 5.41) is 0.664. The normalized spacial score (nSPS) is 15.8. The van der Waals surface area contributed by atoms with Gasteiger partial charge >= 0.3 is 0 Å². The molecule has 0 atom stereocenters. The molecule has 0 N–H and O–H groups in total. The van der Waals surface area contributed by atoms with Crippen LogP contribution in [-0.4, -0.2) is 35.9 Å². The second-order valence-electron chi connectivity index (χ2n) is 5.92. The highest BCUT2D eigenvalue weighted by Gasteiger charge is 2.21. The SMILES string of the molecule is Cc1cc(Br)c2nc(N3CCOCC3)n(C(C)C)c(=O)c2c1. The van der Waals surface area contributed by atoms with Crippen molar-refractivity contribution in [2.75, 3.05) is 31.2 Å². The van der Waals surface area contributed by atoms with Gasteiger partial charge in [-0.05, 0) is 54.4 Å². The number of benzene rings is 1. The summed E-state index contributed by atoms with van der Waals surface area (Å²) in [4.78, 5) is 19.9. The lowest BCUT2D eigenvalue weighted by Crippen LogP contribution is -2.41. The summed E-state index contributed by atoms with van der Waals surface area (Å²) in [6.45, 7) is 8.87. The lowest BCUT2D eigenvalue weighted by molar-refractivity contribution is 0.121. The van der Waals surface area contributed by atoms with E-state index in [2.05, 4.69) is 20.8 Å². The Balaban J connectivity index is 2.30. The lowest BCUT2D eigenvalue weighted by atomic mass is 10.1. The number of morpholine rings is 1. The van der Waals surface area contributed by atoms with Gasteiger partial charge in [-0.2, -0.15) is 0 Å². The van der Waals surface area contributed by atoms with E-state index in [9.17, 15) is 4.79 Å². The summed E-state index contributed by atoms with van der Waals surface area (Å²) in [7, 11) is 0. The average molecular weight is 366 g/mol. The Hall–Kier alpha value is -1.40. The van der Waals surface area contributed by atoms with Gasteiger partial charge in [0, 0.05) is 23.6 Å². The van der Waals surface area contributed by atoms with Crippen LogP contribution in [0.2, 0.25) is 0 Å². The largest absolute Gasteiger partial charge is 0.378 e. The first-order valence-electron chi connectivity index (χ1n) is 7.54. The third-order valence-corrected chi connectivity index (χ3v) is 4.50. The monoisotopic (exact) mass is 365 g/mol. The number of rotatable bonds is 2. The summed E-state index contributed by atoms with van der Waals surface area (Å²) in [6, 6.07) is 3.97. The average Bonchev–Trinajstić information content (AvgIpc) is 2.48. The van der Waals surface area contributed by atoms with Crippen molar-refractivity contribution < 1.29 is 4.74 Å². The van der Waals surface area contributed by atoms with Crippen molar-refractivity contribution in [1.82, 2.24) is 9.55 Å². The number of halogens is 1. The molecular weight excluding hydrogens is 346 g/mol. The maximum absolute atomic E-state index is 13.0. The molecule has 1 aliphatic rings. The van der Waals surface area contributed by atoms with Gasteiger partial charge in [0.05, 0.1) is 24.1 Å². The number of aromatic nitrogens is 2. The molecule has 118 valence electrons. The van der Waals surface area contributed by atoms with E-state index in [1.165, 1.54) is 0 Å². The van der Waals surface area contributed by atoms with Crippen LogP contribution in [0.25, 0.3) is 10.9 Å². The molecule has 22 heavy (non-hydrogen) atoms. The topological polar surface area (TPSA) is 47.4 Å². The van der Waals surface area contributed by atoms with Gasteiger partial charge in [-0.1, -0.05) is 0 Å². The summed E-state index contributed by atoms with van der Waals surface area (Å²) in [5.74, 6) is 0.736. The van der Waals surface area contributed by atoms with Gasteiger partial charge in [0.1, 0.15) is 0 Å². The zero-order chi connectivity index (χ0) is 15.9. The Kier molecular flexibility index (Phi) is 4.23. The summed E-state index contributed by atoms with van der Waals surface area (Å²) < 4.78 is 8.07. The first-order valence-corrected chi connectivity index (χ1v) is 8.33. The van der Waals surface area contributed by atoms with Gasteiger partial charge < -0.3 is 9.64 Å². The zero-order valence-electron chi connectivity index (χ0n) is 13.1. The Morgan fingerprint density at radius 2 is 1.95 bits per heavy atom. The Morgan fingerprint density at radius 3 is 2.59 bits per heavy atom. The van der Waals surface area contributed by atoms with E-state index in [0.29, 0.717) is 18.6 Å². The minimum atomic E-state index is 0.0193. The second-order valence-corrected chi connectivity index (χ2v) is 6.78. The van der Waals surface area contributed by atoms with E-state index < -0.39 is 0 Å². The maximum Gasteiger partial charge on any atom is 0.263 e. The highest BCUT2D eigenvalue weighted by Crippen LogP contribution is 2.26. The van der Waals surface area contributed by atoms with Crippen LogP contribution in [0.1, 0.15) is 25.5 Å². The van der Waals surface area contributed by atoms with Crippen molar-refractivity contribution in [2.45, 2.75) is 26.8 Å². The molecule has 0 aliphatic carbocycles. The van der Waals surface area contributed by atoms with Gasteiger partial charge in [-0.25, -0.2) is 4.98 Å². The molecule has 1 fully saturated rings. The van der Waals surface area contributed by atoms with Crippen molar-refractivity contribution in [2.24, 2.45) is 0 Å². The number of aryl methyl sites for hydroxylation is 1. The van der Waals surface area contributed by atoms with Crippen LogP contribution in [-0.2, 0) is 4.74 Å². The third kappa shape index (κ3) is 2.65. The fourth-order valence-corrected chi connectivity index (χ4v) is 3.50. The van der Waals surface area contributed by atoms with Crippen molar-refractivity contribution >= 4 is 32.8 Å². The standard InChI is InChI=1S/C16H20BrN3O2/c1-10(2)20-15(21)12-8-11(3)9-13(17)14(12)18-16(20)19-4-6-22-7-5-19/h8-10H,4-7H2,1-3H3. The van der Waals surface area contributed by atoms with E-state index in [1.807, 2.05) is 32.9 Å². The van der Waals surface area contributed by atoms with Gasteiger partial charge in [0.25, 0.3) is 5.56 Å². The number of ether oxygens (including phenoxy) is 1. The Morgan fingerprint density at radius 1 is 1.27 bits per heavy atom. The van der Waals surface area contributed by atoms with Crippen molar-refractivity contribution in [3.8, 4) is 0 Å². The molecule has 6 heteroatoms. The molecule has 0 unspecified atom stereocenters. The highest BCUT2D eigenvalue weighted by molar-refractivity contribution is 9.10. The van der Waals surface area contributed by atoms with Crippen LogP contribution < -0.4 is 10.5 Å². The quantitative estimate of drug-likeness (QED) is 0.820. The molecule has 2 aromatic rings. The zero-order valence-corrected chi connectivity index (χ0v) is 14.7. The Labute approximate surface area is 138 Å². The van der Waals surface area contributed by atoms with Crippen LogP contribution in [0, 0.1) is 6.92 Å². The molecule has 3 rings (SSSR count). The number of hydrogen-bond acceptors (Lipinski definition) is 4. The molecule has 1 aliphatic heterocycles. The smallest absolute Gasteiger partial charge is 0.263 e. The number of hydrogen-bond donors (Lipinski definition) is 0. The third-order valence-electron chi connectivity index (χ3n) is 3.89. The first-order chi connectivity index (χ1) is 10.5. The lowest BCUT2D eigenvalue weighted by Gasteiger charge is -2.31. The van der Waals surface area contributed by atoms with Crippen molar-refractivity contribution in [3.63, 3.8) is 0 Å². The maximum atomic E-state index is 13.0. The second kappa shape index (κ2) is 6.01. The highest BCUT2D eigenvalue weighted by atomic mass is 79.9. The van der Waals surface area contributed by atoms with Crippen LogP contribution in [0.4, 0.5) is 5.95 Å². The number of anilines is 1. The van der Waals surface area contributed by atoms with Gasteiger partial charge in [0.15, 0.2) is 0 Å². The first kappa shape index (κ1) is 15.5. The predicted octanol–water partition coefficient (Wildman–Crippen LogP) is 2.88. The fraction of sp³-hybridized carbons (Fsp3) is 0.500. The molecule has 0 amide bonds. The molecule has 0 saturated carbocycles. The summed E-state index contributed by atoms with van der Waals surface area (Å²) in [5.41, 5.74) is 1.80. The predicted molar refractivity (Wildman–Crippen MR) is 91.9 cm³/mol. The van der Waals surface area contributed by atoms with Crippen molar-refractivity contribution in [3.05, 3.63) is 32.5 Å². The van der Waals surface area contributed by atoms with Gasteiger partial charge in [0.2, 0.25) is 5.95 Å². The Bertz CT molecular complexity index is 764. The molecular formula is C16H20BrN3O2. The molecule has 2 heterocycles. The van der Waals surface area contributed by atoms with Gasteiger partial charge in [-0.15, -0.1) is 0 Å². The summed E-state index contributed by atoms with van der Waals surface area (Å²) in [6.07, 6.45) is 0. The van der Waals surface area contributed by atoms with Crippen LogP contribution in [0.15, 0.2) is 21.4 Å². The van der Waals surface area contributed by atoms with E-state index in [0.717, 1.165) is 34.6 Å². The van der Waals surface area contributed by atoms with Crippen LogP contribution in [0.3, 0.4) is 0 Å². The van der Waals surface area contributed by atoms with Crippen molar-refractivity contribution in [1.29, 1.82) is 0 Å². The van der Waals surface area contributed by atoms with Crippen LogP contribution >= 0.6 is 15.9 Å². The molecule has 1 aromatic carbocycles. The summed E-state index contributed by atoms with van der Waals surface area (Å²) >= 11 is 3.55. The molecule has 5 nitrogen and oxygen atoms in total.